The zero-order chi connectivity index (χ0) is 13.0. The average Bonchev–Trinajstić information content (AvgIpc) is 2.82. The van der Waals surface area contributed by atoms with Crippen molar-refractivity contribution in [1.29, 1.82) is 0 Å². The highest BCUT2D eigenvalue weighted by atomic mass is 15.1. The Kier molecular flexibility index (Phi) is 1.93. The molecule has 0 spiro atoms. The molecule has 0 saturated carbocycles. The lowest BCUT2D eigenvalue weighted by Gasteiger charge is -2.05. The number of fused-ring (bicyclic) bond motifs is 6. The van der Waals surface area contributed by atoms with Crippen LogP contribution < -0.4 is 4.57 Å². The summed E-state index contributed by atoms with van der Waals surface area (Å²) in [5.74, 6) is 0. The number of hydrogen-bond donors (Lipinski definition) is 0. The molecule has 0 unspecified atom stereocenters. The van der Waals surface area contributed by atoms with Crippen molar-refractivity contribution < 1.29 is 4.57 Å². The standard InChI is InChI=1S/C15H13N4/c1-10-4-3-5-11-13(10)15-18(2)6-7-19(15)12-8-16-9-17-14(11)12/h3-9H,1-2H3/q+1. The summed E-state index contributed by atoms with van der Waals surface area (Å²) in [5, 5.41) is 2.43. The first kappa shape index (κ1) is 10.4. The van der Waals surface area contributed by atoms with Crippen molar-refractivity contribution in [3.63, 3.8) is 0 Å². The highest BCUT2D eigenvalue weighted by Gasteiger charge is 2.18. The molecule has 0 aliphatic heterocycles. The van der Waals surface area contributed by atoms with Gasteiger partial charge in [0, 0.05) is 5.39 Å². The molecule has 4 nitrogen and oxygen atoms in total. The summed E-state index contributed by atoms with van der Waals surface area (Å²) in [6, 6.07) is 6.35. The molecule has 1 aromatic carbocycles. The van der Waals surface area contributed by atoms with E-state index in [-0.39, 0.29) is 0 Å². The smallest absolute Gasteiger partial charge is 0.240 e. The number of pyridine rings is 1. The van der Waals surface area contributed by atoms with E-state index in [0.717, 1.165) is 11.0 Å². The molecule has 3 aromatic heterocycles. The molecule has 0 N–H and O–H groups in total. The fraction of sp³-hybridized carbons (Fsp3) is 0.133. The molecule has 4 rings (SSSR count). The van der Waals surface area contributed by atoms with Crippen LogP contribution in [0.1, 0.15) is 5.56 Å². The number of rotatable bonds is 0. The first-order valence-corrected chi connectivity index (χ1v) is 6.25. The Labute approximate surface area is 110 Å². The molecule has 4 aromatic rings. The van der Waals surface area contributed by atoms with Gasteiger partial charge in [0.2, 0.25) is 0 Å². The van der Waals surface area contributed by atoms with E-state index in [9.17, 15) is 0 Å². The molecule has 0 atom stereocenters. The summed E-state index contributed by atoms with van der Waals surface area (Å²) in [4.78, 5) is 8.63. The van der Waals surface area contributed by atoms with Gasteiger partial charge in [-0.3, -0.25) is 0 Å². The van der Waals surface area contributed by atoms with E-state index < -0.39 is 0 Å². The molecule has 3 heterocycles. The fourth-order valence-electron chi connectivity index (χ4n) is 2.84. The number of nitrogens with zero attached hydrogens (tertiary/aromatic N) is 4. The highest BCUT2D eigenvalue weighted by Crippen LogP contribution is 2.28. The van der Waals surface area contributed by atoms with Gasteiger partial charge in [-0.2, -0.15) is 4.40 Å². The third-order valence-corrected chi connectivity index (χ3v) is 3.71. The summed E-state index contributed by atoms with van der Waals surface area (Å²) in [6.07, 6.45) is 7.61. The summed E-state index contributed by atoms with van der Waals surface area (Å²) < 4.78 is 4.30. The molecular weight excluding hydrogens is 236 g/mol. The van der Waals surface area contributed by atoms with Crippen LogP contribution in [0.4, 0.5) is 0 Å². The maximum Gasteiger partial charge on any atom is 0.294 e. The molecule has 92 valence electrons. The van der Waals surface area contributed by atoms with Gasteiger partial charge in [0.05, 0.1) is 18.6 Å². The summed E-state index contributed by atoms with van der Waals surface area (Å²) >= 11 is 0. The van der Waals surface area contributed by atoms with Crippen LogP contribution in [0.5, 0.6) is 0 Å². The van der Waals surface area contributed by atoms with Crippen LogP contribution in [0.25, 0.3) is 27.5 Å². The van der Waals surface area contributed by atoms with Crippen LogP contribution in [0.2, 0.25) is 0 Å². The third kappa shape index (κ3) is 1.25. The van der Waals surface area contributed by atoms with Crippen molar-refractivity contribution in [1.82, 2.24) is 14.4 Å². The van der Waals surface area contributed by atoms with E-state index in [1.807, 2.05) is 6.20 Å². The Hall–Kier alpha value is -2.49. The molecule has 0 fully saturated rings. The second-order valence-electron chi connectivity index (χ2n) is 4.86. The van der Waals surface area contributed by atoms with Crippen molar-refractivity contribution in [2.24, 2.45) is 7.05 Å². The summed E-state index contributed by atoms with van der Waals surface area (Å²) in [6.45, 7) is 2.14. The van der Waals surface area contributed by atoms with Crippen LogP contribution in [0.3, 0.4) is 0 Å². The normalized spacial score (nSPS) is 11.7. The minimum Gasteiger partial charge on any atom is -0.240 e. The van der Waals surface area contributed by atoms with Crippen molar-refractivity contribution in [2.75, 3.05) is 0 Å². The minimum absolute atomic E-state index is 0.998. The number of imidazole rings is 1. The zero-order valence-electron chi connectivity index (χ0n) is 10.8. The van der Waals surface area contributed by atoms with E-state index in [0.29, 0.717) is 0 Å². The monoisotopic (exact) mass is 249 g/mol. The molecule has 0 radical (unpaired) electrons. The van der Waals surface area contributed by atoms with E-state index in [2.05, 4.69) is 63.5 Å². The molecule has 0 aliphatic carbocycles. The topological polar surface area (TPSA) is 34.1 Å². The van der Waals surface area contributed by atoms with Gasteiger partial charge in [-0.05, 0) is 12.5 Å². The van der Waals surface area contributed by atoms with E-state index in [1.54, 1.807) is 6.33 Å². The molecule has 4 heteroatoms. The lowest BCUT2D eigenvalue weighted by molar-refractivity contribution is -0.643. The summed E-state index contributed by atoms with van der Waals surface area (Å²) in [5.41, 5.74) is 4.47. The van der Waals surface area contributed by atoms with Crippen LogP contribution in [0, 0.1) is 6.92 Å². The maximum absolute atomic E-state index is 4.47. The van der Waals surface area contributed by atoms with Crippen molar-refractivity contribution in [3.05, 3.63) is 48.7 Å². The van der Waals surface area contributed by atoms with Crippen LogP contribution in [0.15, 0.2) is 43.1 Å². The molecule has 0 aliphatic rings. The predicted molar refractivity (Wildman–Crippen MR) is 73.9 cm³/mol. The molecule has 0 amide bonds. The third-order valence-electron chi connectivity index (χ3n) is 3.71. The lowest BCUT2D eigenvalue weighted by atomic mass is 10.1. The van der Waals surface area contributed by atoms with Crippen LogP contribution in [-0.2, 0) is 7.05 Å². The Morgan fingerprint density at radius 3 is 3.05 bits per heavy atom. The Morgan fingerprint density at radius 2 is 2.16 bits per heavy atom. The van der Waals surface area contributed by atoms with E-state index in [1.165, 1.54) is 22.0 Å². The average molecular weight is 249 g/mol. The van der Waals surface area contributed by atoms with Gasteiger partial charge in [0.15, 0.2) is 5.52 Å². The summed E-state index contributed by atoms with van der Waals surface area (Å²) in [7, 11) is 2.07. The second kappa shape index (κ2) is 3.51. The quantitative estimate of drug-likeness (QED) is 0.353. The fourth-order valence-corrected chi connectivity index (χ4v) is 2.84. The second-order valence-corrected chi connectivity index (χ2v) is 4.86. The number of benzene rings is 1. The molecule has 19 heavy (non-hydrogen) atoms. The van der Waals surface area contributed by atoms with E-state index in [4.69, 9.17) is 0 Å². The van der Waals surface area contributed by atoms with Crippen molar-refractivity contribution in [3.8, 4) is 0 Å². The lowest BCUT2D eigenvalue weighted by Crippen LogP contribution is -2.26. The molecular formula is C15H13N4+. The number of aryl methyl sites for hydroxylation is 2. The van der Waals surface area contributed by atoms with Gasteiger partial charge in [-0.1, -0.05) is 18.2 Å². The number of hydrogen-bond acceptors (Lipinski definition) is 2. The Balaban J connectivity index is 2.49. The van der Waals surface area contributed by atoms with Gasteiger partial charge >= 0.3 is 0 Å². The van der Waals surface area contributed by atoms with Crippen LogP contribution >= 0.6 is 0 Å². The molecule has 0 bridgehead atoms. The van der Waals surface area contributed by atoms with Crippen molar-refractivity contribution in [2.45, 2.75) is 6.92 Å². The Morgan fingerprint density at radius 1 is 1.26 bits per heavy atom. The SMILES string of the molecule is Cc1cccc2c3ncncc3n3cc[n+](C)c3c12. The molecule has 0 saturated heterocycles. The first-order valence-electron chi connectivity index (χ1n) is 6.25. The van der Waals surface area contributed by atoms with Gasteiger partial charge in [-0.25, -0.2) is 14.5 Å². The van der Waals surface area contributed by atoms with Gasteiger partial charge in [-0.15, -0.1) is 0 Å². The van der Waals surface area contributed by atoms with Crippen molar-refractivity contribution >= 4 is 27.5 Å². The largest absolute Gasteiger partial charge is 0.294 e. The highest BCUT2D eigenvalue weighted by molar-refractivity contribution is 6.10. The maximum atomic E-state index is 4.47. The Bertz CT molecular complexity index is 937. The first-order chi connectivity index (χ1) is 9.27. The number of aromatic nitrogens is 4. The van der Waals surface area contributed by atoms with Crippen LogP contribution in [-0.4, -0.2) is 14.4 Å². The minimum atomic E-state index is 0.998. The van der Waals surface area contributed by atoms with E-state index >= 15 is 0 Å². The van der Waals surface area contributed by atoms with Gasteiger partial charge in [0.25, 0.3) is 5.65 Å². The zero-order valence-corrected chi connectivity index (χ0v) is 10.8. The van der Waals surface area contributed by atoms with Gasteiger partial charge < -0.3 is 0 Å². The van der Waals surface area contributed by atoms with Gasteiger partial charge in [0.1, 0.15) is 24.2 Å². The predicted octanol–water partition coefficient (Wildman–Crippen LogP) is 2.17.